The maximum Gasteiger partial charge on any atom is 0.0933 e. The summed E-state index contributed by atoms with van der Waals surface area (Å²) >= 11 is 0. The van der Waals surface area contributed by atoms with Crippen molar-refractivity contribution in [1.82, 2.24) is 25.6 Å². The van der Waals surface area contributed by atoms with E-state index in [1.165, 1.54) is 5.56 Å². The van der Waals surface area contributed by atoms with Gasteiger partial charge in [0.2, 0.25) is 0 Å². The smallest absolute Gasteiger partial charge is 0.0933 e. The molecule has 41 heavy (non-hydrogen) atoms. The van der Waals surface area contributed by atoms with E-state index in [0.29, 0.717) is 5.92 Å². The van der Waals surface area contributed by atoms with Crippen LogP contribution >= 0.6 is 0 Å². The number of nitrogens with one attached hydrogen (secondary N) is 3. The molecule has 0 spiro atoms. The first-order valence-corrected chi connectivity index (χ1v) is 15.1. The van der Waals surface area contributed by atoms with E-state index in [4.69, 9.17) is 11.4 Å². The highest BCUT2D eigenvalue weighted by Gasteiger charge is 2.20. The molecule has 1 aliphatic rings. The summed E-state index contributed by atoms with van der Waals surface area (Å²) in [6, 6.07) is 6.40. The number of H-pyrrole nitrogens is 1. The number of pyridine rings is 1. The van der Waals surface area contributed by atoms with Gasteiger partial charge >= 0.3 is 0 Å². The highest BCUT2D eigenvalue weighted by atomic mass is 14.9. The number of terminal acetylenes is 1. The lowest BCUT2D eigenvalue weighted by Crippen LogP contribution is -2.31. The van der Waals surface area contributed by atoms with E-state index in [9.17, 15) is 0 Å². The lowest BCUT2D eigenvalue weighted by molar-refractivity contribution is 0.411. The second-order valence-electron chi connectivity index (χ2n) is 10.2. The molecular weight excluding hydrogens is 502 g/mol. The molecule has 1 unspecified atom stereocenters. The van der Waals surface area contributed by atoms with Gasteiger partial charge in [0.05, 0.1) is 23.2 Å². The minimum atomic E-state index is -0.0649. The normalized spacial score (nSPS) is 15.3. The number of fused-ring (bicyclic) bond motifs is 1. The van der Waals surface area contributed by atoms with Crippen LogP contribution in [0.15, 0.2) is 67.3 Å². The first-order chi connectivity index (χ1) is 20.0. The van der Waals surface area contributed by atoms with Gasteiger partial charge in [-0.2, -0.15) is 0 Å². The Hall–Kier alpha value is -3.88. The second kappa shape index (κ2) is 15.8. The number of aromatic amines is 1. The van der Waals surface area contributed by atoms with Crippen molar-refractivity contribution in [2.24, 2.45) is 11.8 Å². The fourth-order valence-electron chi connectivity index (χ4n) is 5.19. The van der Waals surface area contributed by atoms with Crippen molar-refractivity contribution in [3.05, 3.63) is 84.1 Å². The van der Waals surface area contributed by atoms with Crippen molar-refractivity contribution in [3.63, 3.8) is 0 Å². The van der Waals surface area contributed by atoms with E-state index >= 15 is 0 Å². The van der Waals surface area contributed by atoms with E-state index in [-0.39, 0.29) is 5.92 Å². The number of hydrogen-bond donors (Lipinski definition) is 3. The van der Waals surface area contributed by atoms with Crippen LogP contribution in [0.3, 0.4) is 0 Å². The number of imidazole rings is 1. The summed E-state index contributed by atoms with van der Waals surface area (Å²) in [6.07, 6.45) is 22.2. The van der Waals surface area contributed by atoms with Gasteiger partial charge in [-0.15, -0.1) is 6.42 Å². The average molecular weight is 550 g/mol. The summed E-state index contributed by atoms with van der Waals surface area (Å²) in [4.78, 5) is 12.9. The van der Waals surface area contributed by atoms with Gasteiger partial charge < -0.3 is 15.6 Å². The number of hydrogen-bond acceptors (Lipinski definition) is 4. The van der Waals surface area contributed by atoms with Crippen molar-refractivity contribution in [3.8, 4) is 23.6 Å². The van der Waals surface area contributed by atoms with E-state index in [1.807, 2.05) is 27.0 Å². The van der Waals surface area contributed by atoms with E-state index in [0.717, 1.165) is 89.2 Å². The number of aryl methyl sites for hydroxylation is 1. The van der Waals surface area contributed by atoms with E-state index in [1.54, 1.807) is 6.33 Å². The lowest BCUT2D eigenvalue weighted by atomic mass is 9.93. The van der Waals surface area contributed by atoms with Crippen LogP contribution in [0, 0.1) is 31.1 Å². The topological polar surface area (TPSA) is 65.6 Å². The molecule has 1 fully saturated rings. The van der Waals surface area contributed by atoms with Gasteiger partial charge in [-0.1, -0.05) is 70.6 Å². The molecule has 2 aromatic heterocycles. The Kier molecular flexibility index (Phi) is 12.2. The largest absolute Gasteiger partial charge is 0.359 e. The first kappa shape index (κ1) is 31.6. The highest BCUT2D eigenvalue weighted by molar-refractivity contribution is 5.91. The molecule has 3 N–H and O–H groups in total. The van der Waals surface area contributed by atoms with E-state index < -0.39 is 0 Å². The summed E-state index contributed by atoms with van der Waals surface area (Å²) in [7, 11) is 0. The molecule has 216 valence electrons. The molecule has 3 heterocycles. The number of benzene rings is 1. The maximum atomic E-state index is 5.84. The third kappa shape index (κ3) is 7.65. The van der Waals surface area contributed by atoms with Gasteiger partial charge in [0, 0.05) is 45.9 Å². The molecule has 1 aromatic carbocycles. The number of aromatic nitrogens is 3. The minimum Gasteiger partial charge on any atom is -0.359 e. The molecule has 0 saturated carbocycles. The van der Waals surface area contributed by atoms with Crippen LogP contribution in [-0.4, -0.2) is 28.0 Å². The van der Waals surface area contributed by atoms with Gasteiger partial charge in [0.25, 0.3) is 0 Å². The Morgan fingerprint density at radius 2 is 1.95 bits per heavy atom. The number of rotatable bonds is 10. The van der Waals surface area contributed by atoms with Gasteiger partial charge in [-0.25, -0.2) is 4.98 Å². The van der Waals surface area contributed by atoms with Crippen LogP contribution in [0.4, 0.5) is 0 Å². The monoisotopic (exact) mass is 549 g/mol. The summed E-state index contributed by atoms with van der Waals surface area (Å²) in [6.45, 7) is 19.0. The number of nitrogens with zero attached hydrogens (tertiary/aromatic N) is 2. The zero-order valence-corrected chi connectivity index (χ0v) is 25.8. The van der Waals surface area contributed by atoms with Crippen LogP contribution in [0.25, 0.3) is 33.4 Å². The molecular formula is C36H47N5. The van der Waals surface area contributed by atoms with Gasteiger partial charge in [0.15, 0.2) is 0 Å². The predicted octanol–water partition coefficient (Wildman–Crippen LogP) is 8.43. The van der Waals surface area contributed by atoms with Crippen molar-refractivity contribution in [2.75, 3.05) is 13.1 Å². The Bertz CT molecular complexity index is 1440. The second-order valence-corrected chi connectivity index (χ2v) is 10.2. The standard InChI is InChI=1S/C34H41N5.C2H6/c1-7-10-11-13-28(23(4)9-3)34-33(37-22-38-34)27-14-15-31-29(20-27)24(5)30(21-36-31)32(12-8-2)39-25(6)26-16-18-35-19-17-26;1-2/h3,10-15,20-23,26,35,39H,6-8,16-19H2,1-2,4-5H3,(H,37,38);1-2H3/b11-10-,28-13+,32-12-;. The van der Waals surface area contributed by atoms with Gasteiger partial charge in [-0.3, -0.25) is 4.98 Å². The molecule has 5 heteroatoms. The quantitative estimate of drug-likeness (QED) is 0.175. The average Bonchev–Trinajstić information content (AvgIpc) is 3.50. The summed E-state index contributed by atoms with van der Waals surface area (Å²) in [5.74, 6) is 3.29. The van der Waals surface area contributed by atoms with Gasteiger partial charge in [0.1, 0.15) is 0 Å². The molecule has 0 bridgehead atoms. The predicted molar refractivity (Wildman–Crippen MR) is 177 cm³/mol. The fourth-order valence-corrected chi connectivity index (χ4v) is 5.19. The third-order valence-electron chi connectivity index (χ3n) is 7.53. The van der Waals surface area contributed by atoms with Crippen molar-refractivity contribution in [2.45, 2.75) is 67.2 Å². The summed E-state index contributed by atoms with van der Waals surface area (Å²) < 4.78 is 0. The van der Waals surface area contributed by atoms with Crippen LogP contribution in [0.1, 0.15) is 77.1 Å². The molecule has 0 aliphatic carbocycles. The van der Waals surface area contributed by atoms with Crippen LogP contribution < -0.4 is 10.6 Å². The van der Waals surface area contributed by atoms with Crippen LogP contribution in [0.5, 0.6) is 0 Å². The lowest BCUT2D eigenvalue weighted by Gasteiger charge is -2.26. The zero-order valence-electron chi connectivity index (χ0n) is 25.8. The fraction of sp³-hybridized carbons (Fsp3) is 0.389. The number of allylic oxidation sites excluding steroid dienone is 6. The van der Waals surface area contributed by atoms with Crippen LogP contribution in [0.2, 0.25) is 0 Å². The van der Waals surface area contributed by atoms with E-state index in [2.05, 4.69) is 96.4 Å². The third-order valence-corrected chi connectivity index (χ3v) is 7.53. The first-order valence-electron chi connectivity index (χ1n) is 15.1. The molecule has 1 aliphatic heterocycles. The van der Waals surface area contributed by atoms with Gasteiger partial charge in [-0.05, 0) is 75.9 Å². The van der Waals surface area contributed by atoms with Crippen molar-refractivity contribution in [1.29, 1.82) is 0 Å². The molecule has 1 saturated heterocycles. The minimum absolute atomic E-state index is 0.0649. The molecule has 3 aromatic rings. The molecule has 1 atom stereocenters. The Morgan fingerprint density at radius 3 is 2.63 bits per heavy atom. The molecule has 0 amide bonds. The highest BCUT2D eigenvalue weighted by Crippen LogP contribution is 2.34. The Morgan fingerprint density at radius 1 is 1.20 bits per heavy atom. The Labute approximate surface area is 247 Å². The van der Waals surface area contributed by atoms with Crippen LogP contribution in [-0.2, 0) is 0 Å². The summed E-state index contributed by atoms with van der Waals surface area (Å²) in [5, 5.41) is 8.22. The number of piperidine rings is 1. The molecule has 5 nitrogen and oxygen atoms in total. The zero-order chi connectivity index (χ0) is 29.8. The summed E-state index contributed by atoms with van der Waals surface area (Å²) in [5.41, 5.74) is 9.35. The molecule has 4 rings (SSSR count). The van der Waals surface area contributed by atoms with Crippen molar-refractivity contribution < 1.29 is 0 Å². The SMILES string of the molecule is C#CC(C)/C(=C\C=C/CC)c1nc[nH]c1-c1ccc2ncc(/C(=C/CC)NC(=C)C3CCNCC3)c(C)c2c1.CC. The Balaban J connectivity index is 0.00000226. The maximum absolute atomic E-state index is 5.84. The molecule has 0 radical (unpaired) electrons. The van der Waals surface area contributed by atoms with Crippen molar-refractivity contribution >= 4 is 22.2 Å².